The van der Waals surface area contributed by atoms with Crippen molar-refractivity contribution in [3.05, 3.63) is 0 Å². The lowest BCUT2D eigenvalue weighted by Gasteiger charge is -2.20. The highest BCUT2D eigenvalue weighted by molar-refractivity contribution is 8.83. The van der Waals surface area contributed by atoms with Gasteiger partial charge in [-0.25, -0.2) is 0 Å². The van der Waals surface area contributed by atoms with Crippen LogP contribution in [-0.4, -0.2) is 27.6 Å². The summed E-state index contributed by atoms with van der Waals surface area (Å²) in [5, 5.41) is 0.642. The Morgan fingerprint density at radius 3 is 2.17 bits per heavy atom. The van der Waals surface area contributed by atoms with Crippen molar-refractivity contribution >= 4 is 38.1 Å². The van der Waals surface area contributed by atoms with Crippen LogP contribution in [0.4, 0.5) is 0 Å². The fourth-order valence-corrected chi connectivity index (χ4v) is 3.06. The van der Waals surface area contributed by atoms with Crippen LogP contribution < -0.4 is 0 Å². The molecular formula is C8H17NS3. The second kappa shape index (κ2) is 7.04. The smallest absolute Gasteiger partial charge is 0.147 e. The Morgan fingerprint density at radius 1 is 1.33 bits per heavy atom. The monoisotopic (exact) mass is 223 g/mol. The minimum absolute atomic E-state index is 0.642. The Balaban J connectivity index is 3.69. The molecule has 0 aromatic heterocycles. The third kappa shape index (κ3) is 5.27. The third-order valence-electron chi connectivity index (χ3n) is 1.33. The van der Waals surface area contributed by atoms with E-state index in [1.54, 1.807) is 10.8 Å². The molecule has 0 unspecified atom stereocenters. The maximum Gasteiger partial charge on any atom is 0.147 e. The summed E-state index contributed by atoms with van der Waals surface area (Å²) in [7, 11) is 3.55. The fraction of sp³-hybridized carbons (Fsp3) is 0.875. The summed E-state index contributed by atoms with van der Waals surface area (Å²) in [4.78, 5) is 2.20. The minimum Gasteiger partial charge on any atom is -0.357 e. The molecule has 0 aliphatic rings. The van der Waals surface area contributed by atoms with Crippen molar-refractivity contribution in [2.75, 3.05) is 13.1 Å². The lowest BCUT2D eigenvalue weighted by atomic mass is 10.6. The topological polar surface area (TPSA) is 3.24 Å². The highest BCUT2D eigenvalue weighted by Gasteiger charge is 2.06. The zero-order valence-electron chi connectivity index (χ0n) is 8.16. The van der Waals surface area contributed by atoms with Gasteiger partial charge >= 0.3 is 0 Å². The van der Waals surface area contributed by atoms with E-state index in [4.69, 9.17) is 12.2 Å². The molecule has 0 N–H and O–H groups in total. The third-order valence-corrected chi connectivity index (χ3v) is 4.96. The molecule has 0 aliphatic carbocycles. The van der Waals surface area contributed by atoms with Gasteiger partial charge in [0.15, 0.2) is 0 Å². The molecular weight excluding hydrogens is 206 g/mol. The van der Waals surface area contributed by atoms with Crippen LogP contribution in [0.2, 0.25) is 0 Å². The summed E-state index contributed by atoms with van der Waals surface area (Å²) in [5.41, 5.74) is 0. The molecule has 0 amide bonds. The van der Waals surface area contributed by atoms with E-state index in [2.05, 4.69) is 32.6 Å². The van der Waals surface area contributed by atoms with Crippen LogP contribution in [0.1, 0.15) is 27.7 Å². The van der Waals surface area contributed by atoms with E-state index in [9.17, 15) is 0 Å². The van der Waals surface area contributed by atoms with E-state index in [1.165, 1.54) is 0 Å². The van der Waals surface area contributed by atoms with E-state index >= 15 is 0 Å². The number of rotatable bonds is 4. The maximum absolute atomic E-state index is 5.26. The second-order valence-electron chi connectivity index (χ2n) is 2.67. The van der Waals surface area contributed by atoms with Crippen molar-refractivity contribution < 1.29 is 0 Å². The predicted molar refractivity (Wildman–Crippen MR) is 65.8 cm³/mol. The van der Waals surface area contributed by atoms with Gasteiger partial charge in [0.25, 0.3) is 0 Å². The normalized spacial score (nSPS) is 10.4. The Hall–Kier alpha value is 0.590. The van der Waals surface area contributed by atoms with Crippen molar-refractivity contribution in [2.45, 2.75) is 32.9 Å². The molecule has 0 fully saturated rings. The van der Waals surface area contributed by atoms with Gasteiger partial charge in [-0.15, -0.1) is 0 Å². The van der Waals surface area contributed by atoms with Crippen LogP contribution in [0.5, 0.6) is 0 Å². The largest absolute Gasteiger partial charge is 0.357 e. The SMILES string of the molecule is CCN(CC)C(=S)SSC(C)C. The molecule has 12 heavy (non-hydrogen) atoms. The summed E-state index contributed by atoms with van der Waals surface area (Å²) in [5.74, 6) is 0. The van der Waals surface area contributed by atoms with Crippen LogP contribution >= 0.6 is 33.8 Å². The van der Waals surface area contributed by atoms with Gasteiger partial charge in [-0.05, 0) is 24.6 Å². The maximum atomic E-state index is 5.26. The van der Waals surface area contributed by atoms with Gasteiger partial charge in [-0.1, -0.05) is 36.9 Å². The summed E-state index contributed by atoms with van der Waals surface area (Å²) in [6, 6.07) is 0. The second-order valence-corrected chi connectivity index (χ2v) is 6.08. The standard InChI is InChI=1S/C8H17NS3/c1-5-9(6-2)8(10)12-11-7(3)4/h7H,5-6H2,1-4H3. The minimum atomic E-state index is 0.642. The van der Waals surface area contributed by atoms with Crippen molar-refractivity contribution in [3.63, 3.8) is 0 Å². The van der Waals surface area contributed by atoms with Crippen molar-refractivity contribution in [1.82, 2.24) is 4.90 Å². The molecule has 0 radical (unpaired) electrons. The first kappa shape index (κ1) is 12.6. The first-order valence-electron chi connectivity index (χ1n) is 4.24. The molecule has 0 heterocycles. The van der Waals surface area contributed by atoms with Crippen LogP contribution in [0.3, 0.4) is 0 Å². The number of hydrogen-bond acceptors (Lipinski definition) is 3. The molecule has 0 rings (SSSR count). The summed E-state index contributed by atoms with van der Waals surface area (Å²) < 4.78 is 1.01. The lowest BCUT2D eigenvalue weighted by molar-refractivity contribution is 0.482. The van der Waals surface area contributed by atoms with Crippen LogP contribution in [-0.2, 0) is 0 Å². The molecule has 0 spiro atoms. The summed E-state index contributed by atoms with van der Waals surface area (Å²) in [6.45, 7) is 10.7. The van der Waals surface area contributed by atoms with E-state index in [0.717, 1.165) is 17.4 Å². The zero-order chi connectivity index (χ0) is 9.56. The molecule has 4 heteroatoms. The lowest BCUT2D eigenvalue weighted by Crippen LogP contribution is -2.26. The Bertz CT molecular complexity index is 132. The Morgan fingerprint density at radius 2 is 1.83 bits per heavy atom. The van der Waals surface area contributed by atoms with Crippen LogP contribution in [0.15, 0.2) is 0 Å². The highest BCUT2D eigenvalue weighted by atomic mass is 33.1. The number of nitrogens with zero attached hydrogens (tertiary/aromatic N) is 1. The van der Waals surface area contributed by atoms with Gasteiger partial charge in [0.2, 0.25) is 0 Å². The molecule has 0 aromatic carbocycles. The van der Waals surface area contributed by atoms with E-state index in [-0.39, 0.29) is 0 Å². The first-order valence-corrected chi connectivity index (χ1v) is 6.86. The molecule has 1 nitrogen and oxygen atoms in total. The molecule has 0 aromatic rings. The Kier molecular flexibility index (Phi) is 7.38. The molecule has 0 saturated carbocycles. The van der Waals surface area contributed by atoms with Gasteiger partial charge in [0, 0.05) is 18.3 Å². The average molecular weight is 223 g/mol. The fourth-order valence-electron chi connectivity index (χ4n) is 0.672. The van der Waals surface area contributed by atoms with Gasteiger partial charge in [-0.2, -0.15) is 0 Å². The van der Waals surface area contributed by atoms with Crippen molar-refractivity contribution in [1.29, 1.82) is 0 Å². The molecule has 72 valence electrons. The predicted octanol–water partition coefficient (Wildman–Crippen LogP) is 3.40. The zero-order valence-corrected chi connectivity index (χ0v) is 10.6. The van der Waals surface area contributed by atoms with Gasteiger partial charge < -0.3 is 4.90 Å². The highest BCUT2D eigenvalue weighted by Crippen LogP contribution is 2.28. The van der Waals surface area contributed by atoms with E-state index in [1.807, 2.05) is 10.8 Å². The first-order chi connectivity index (χ1) is 5.61. The number of hydrogen-bond donors (Lipinski definition) is 0. The summed E-state index contributed by atoms with van der Waals surface area (Å²) in [6.07, 6.45) is 0. The summed E-state index contributed by atoms with van der Waals surface area (Å²) >= 11 is 5.26. The van der Waals surface area contributed by atoms with E-state index < -0.39 is 0 Å². The van der Waals surface area contributed by atoms with Gasteiger partial charge in [-0.3, -0.25) is 0 Å². The van der Waals surface area contributed by atoms with Crippen LogP contribution in [0.25, 0.3) is 0 Å². The molecule has 0 saturated heterocycles. The van der Waals surface area contributed by atoms with Crippen LogP contribution in [0, 0.1) is 0 Å². The number of thiocarbonyl (C=S) groups is 1. The van der Waals surface area contributed by atoms with Gasteiger partial charge in [0.05, 0.1) is 0 Å². The van der Waals surface area contributed by atoms with Gasteiger partial charge in [0.1, 0.15) is 4.32 Å². The quantitative estimate of drug-likeness (QED) is 0.530. The molecule has 0 atom stereocenters. The van der Waals surface area contributed by atoms with E-state index in [0.29, 0.717) is 5.25 Å². The average Bonchev–Trinajstić information content (AvgIpc) is 2.03. The molecule has 0 aliphatic heterocycles. The molecule has 0 bridgehead atoms. The van der Waals surface area contributed by atoms with Crippen molar-refractivity contribution in [3.8, 4) is 0 Å². The van der Waals surface area contributed by atoms with Crippen molar-refractivity contribution in [2.24, 2.45) is 0 Å². The Labute approximate surface area is 89.1 Å².